The summed E-state index contributed by atoms with van der Waals surface area (Å²) in [6, 6.07) is 2.52. The van der Waals surface area contributed by atoms with Crippen molar-refractivity contribution in [3.63, 3.8) is 0 Å². The Balaban J connectivity index is 2.03. The zero-order chi connectivity index (χ0) is 18.4. The summed E-state index contributed by atoms with van der Waals surface area (Å²) in [6.07, 6.45) is 2.50. The number of pyridine rings is 1. The SMILES string of the molecule is CC(C)C[C@H](NC(=O)c1ccc(Br)c(OCC2CCCO2)n1)C(N)=O. The van der Waals surface area contributed by atoms with Crippen LogP contribution in [0.1, 0.15) is 43.6 Å². The smallest absolute Gasteiger partial charge is 0.270 e. The molecule has 0 aliphatic carbocycles. The number of primary amides is 1. The van der Waals surface area contributed by atoms with Crippen LogP contribution in [-0.4, -0.2) is 42.2 Å². The minimum Gasteiger partial charge on any atom is -0.474 e. The lowest BCUT2D eigenvalue weighted by Gasteiger charge is -2.17. The number of amides is 2. The first-order valence-corrected chi connectivity index (χ1v) is 9.17. The number of hydrogen-bond donors (Lipinski definition) is 2. The van der Waals surface area contributed by atoms with Crippen molar-refractivity contribution in [2.24, 2.45) is 11.7 Å². The van der Waals surface area contributed by atoms with Gasteiger partial charge in [-0.3, -0.25) is 9.59 Å². The van der Waals surface area contributed by atoms with Crippen molar-refractivity contribution in [1.29, 1.82) is 0 Å². The Morgan fingerprint density at radius 2 is 2.24 bits per heavy atom. The molecule has 2 atom stereocenters. The van der Waals surface area contributed by atoms with Gasteiger partial charge < -0.3 is 20.5 Å². The van der Waals surface area contributed by atoms with Gasteiger partial charge in [0.25, 0.3) is 5.91 Å². The van der Waals surface area contributed by atoms with Crippen LogP contribution in [0.2, 0.25) is 0 Å². The van der Waals surface area contributed by atoms with E-state index < -0.39 is 17.9 Å². The third-order valence-electron chi connectivity index (χ3n) is 3.83. The van der Waals surface area contributed by atoms with Gasteiger partial charge in [-0.15, -0.1) is 0 Å². The fourth-order valence-electron chi connectivity index (χ4n) is 2.55. The zero-order valence-corrected chi connectivity index (χ0v) is 16.0. The maximum absolute atomic E-state index is 12.4. The molecule has 1 aliphatic rings. The third-order valence-corrected chi connectivity index (χ3v) is 4.44. The third kappa shape index (κ3) is 5.97. The number of rotatable bonds is 8. The topological polar surface area (TPSA) is 104 Å². The van der Waals surface area contributed by atoms with Crippen LogP contribution < -0.4 is 15.8 Å². The van der Waals surface area contributed by atoms with E-state index in [1.807, 2.05) is 13.8 Å². The van der Waals surface area contributed by atoms with E-state index in [0.717, 1.165) is 19.4 Å². The highest BCUT2D eigenvalue weighted by Gasteiger charge is 2.22. The van der Waals surface area contributed by atoms with Crippen LogP contribution >= 0.6 is 15.9 Å². The predicted octanol–water partition coefficient (Wildman–Crippen LogP) is 2.03. The van der Waals surface area contributed by atoms with Gasteiger partial charge in [0, 0.05) is 6.61 Å². The summed E-state index contributed by atoms with van der Waals surface area (Å²) in [6.45, 7) is 5.04. The van der Waals surface area contributed by atoms with Crippen LogP contribution in [0.25, 0.3) is 0 Å². The summed E-state index contributed by atoms with van der Waals surface area (Å²) < 4.78 is 11.8. The summed E-state index contributed by atoms with van der Waals surface area (Å²) in [7, 11) is 0. The number of aromatic nitrogens is 1. The van der Waals surface area contributed by atoms with Crippen molar-refractivity contribution in [2.75, 3.05) is 13.2 Å². The van der Waals surface area contributed by atoms with Crippen LogP contribution in [-0.2, 0) is 9.53 Å². The molecule has 1 saturated heterocycles. The largest absolute Gasteiger partial charge is 0.474 e. The van der Waals surface area contributed by atoms with E-state index in [-0.39, 0.29) is 17.7 Å². The Morgan fingerprint density at radius 3 is 2.84 bits per heavy atom. The standard InChI is InChI=1S/C17H24BrN3O4/c1-10(2)8-14(15(19)22)20-16(23)13-6-5-12(18)17(21-13)25-9-11-4-3-7-24-11/h5-6,10-11,14H,3-4,7-9H2,1-2H3,(H2,19,22)(H,20,23)/t11?,14-/m0/s1. The number of hydrogen-bond acceptors (Lipinski definition) is 5. The fourth-order valence-corrected chi connectivity index (χ4v) is 2.88. The molecule has 7 nitrogen and oxygen atoms in total. The molecular weight excluding hydrogens is 390 g/mol. The van der Waals surface area contributed by atoms with Crippen LogP contribution in [0.4, 0.5) is 0 Å². The van der Waals surface area contributed by atoms with Crippen molar-refractivity contribution in [3.8, 4) is 5.88 Å². The Morgan fingerprint density at radius 1 is 1.48 bits per heavy atom. The number of nitrogens with two attached hydrogens (primary N) is 1. The molecule has 0 bridgehead atoms. The second-order valence-corrected chi connectivity index (χ2v) is 7.34. The Hall–Kier alpha value is -1.67. The highest BCUT2D eigenvalue weighted by atomic mass is 79.9. The molecule has 0 spiro atoms. The second-order valence-electron chi connectivity index (χ2n) is 6.49. The molecule has 0 saturated carbocycles. The van der Waals surface area contributed by atoms with E-state index >= 15 is 0 Å². The lowest BCUT2D eigenvalue weighted by Crippen LogP contribution is -2.45. The Labute approximate surface area is 155 Å². The van der Waals surface area contributed by atoms with E-state index in [2.05, 4.69) is 26.2 Å². The first-order chi connectivity index (χ1) is 11.9. The minimum atomic E-state index is -0.728. The molecule has 25 heavy (non-hydrogen) atoms. The van der Waals surface area contributed by atoms with Gasteiger partial charge in [0.15, 0.2) is 0 Å². The van der Waals surface area contributed by atoms with Gasteiger partial charge in [-0.05, 0) is 53.2 Å². The molecular formula is C17H24BrN3O4. The second kappa shape index (κ2) is 9.15. The van der Waals surface area contributed by atoms with Crippen LogP contribution in [0.5, 0.6) is 5.88 Å². The highest BCUT2D eigenvalue weighted by Crippen LogP contribution is 2.24. The molecule has 138 valence electrons. The molecule has 0 aromatic carbocycles. The van der Waals surface area contributed by atoms with Gasteiger partial charge in [-0.2, -0.15) is 0 Å². The molecule has 8 heteroatoms. The maximum Gasteiger partial charge on any atom is 0.270 e. The lowest BCUT2D eigenvalue weighted by atomic mass is 10.0. The highest BCUT2D eigenvalue weighted by molar-refractivity contribution is 9.10. The molecule has 0 radical (unpaired) electrons. The van der Waals surface area contributed by atoms with Crippen LogP contribution in [0, 0.1) is 5.92 Å². The van der Waals surface area contributed by atoms with Crippen molar-refractivity contribution < 1.29 is 19.1 Å². The predicted molar refractivity (Wildman–Crippen MR) is 96.3 cm³/mol. The van der Waals surface area contributed by atoms with E-state index in [0.29, 0.717) is 23.4 Å². The van der Waals surface area contributed by atoms with Crippen molar-refractivity contribution in [3.05, 3.63) is 22.3 Å². The Kier molecular flexibility index (Phi) is 7.19. The summed E-state index contributed by atoms with van der Waals surface area (Å²) in [5, 5.41) is 2.64. The van der Waals surface area contributed by atoms with Crippen LogP contribution in [0.3, 0.4) is 0 Å². The van der Waals surface area contributed by atoms with E-state index in [1.54, 1.807) is 12.1 Å². The molecule has 1 aromatic heterocycles. The average molecular weight is 414 g/mol. The summed E-state index contributed by atoms with van der Waals surface area (Å²) in [5.41, 5.74) is 5.53. The molecule has 2 amide bonds. The fraction of sp³-hybridized carbons (Fsp3) is 0.588. The number of nitrogens with zero attached hydrogens (tertiary/aromatic N) is 1. The normalized spacial score (nSPS) is 18.2. The molecule has 1 fully saturated rings. The number of nitrogens with one attached hydrogen (secondary N) is 1. The average Bonchev–Trinajstić information content (AvgIpc) is 3.06. The van der Waals surface area contributed by atoms with Crippen molar-refractivity contribution in [1.82, 2.24) is 10.3 Å². The zero-order valence-electron chi connectivity index (χ0n) is 14.5. The Bertz CT molecular complexity index is 618. The number of carbonyl (C=O) groups excluding carboxylic acids is 2. The van der Waals surface area contributed by atoms with Gasteiger partial charge in [-0.25, -0.2) is 4.98 Å². The first kappa shape index (κ1) is 19.7. The molecule has 1 aliphatic heterocycles. The van der Waals surface area contributed by atoms with Crippen LogP contribution in [0.15, 0.2) is 16.6 Å². The first-order valence-electron chi connectivity index (χ1n) is 8.38. The minimum absolute atomic E-state index is 0.0523. The van der Waals surface area contributed by atoms with E-state index in [4.69, 9.17) is 15.2 Å². The number of halogens is 1. The van der Waals surface area contributed by atoms with Crippen molar-refractivity contribution >= 4 is 27.7 Å². The van der Waals surface area contributed by atoms with Gasteiger partial charge in [-0.1, -0.05) is 13.8 Å². The van der Waals surface area contributed by atoms with Gasteiger partial charge in [0.2, 0.25) is 11.8 Å². The molecule has 3 N–H and O–H groups in total. The molecule has 1 aromatic rings. The summed E-state index contributed by atoms with van der Waals surface area (Å²) in [4.78, 5) is 28.1. The lowest BCUT2D eigenvalue weighted by molar-refractivity contribution is -0.120. The summed E-state index contributed by atoms with van der Waals surface area (Å²) in [5.74, 6) is -0.475. The van der Waals surface area contributed by atoms with E-state index in [1.165, 1.54) is 0 Å². The molecule has 2 heterocycles. The van der Waals surface area contributed by atoms with Gasteiger partial charge >= 0.3 is 0 Å². The van der Waals surface area contributed by atoms with Crippen molar-refractivity contribution in [2.45, 2.75) is 45.3 Å². The molecule has 2 rings (SSSR count). The number of carbonyl (C=O) groups is 2. The summed E-state index contributed by atoms with van der Waals surface area (Å²) >= 11 is 3.36. The number of ether oxygens (including phenoxy) is 2. The monoisotopic (exact) mass is 413 g/mol. The van der Waals surface area contributed by atoms with Gasteiger partial charge in [0.05, 0.1) is 10.6 Å². The van der Waals surface area contributed by atoms with E-state index in [9.17, 15) is 9.59 Å². The van der Waals surface area contributed by atoms with Gasteiger partial charge in [0.1, 0.15) is 18.3 Å². The maximum atomic E-state index is 12.4. The quantitative estimate of drug-likeness (QED) is 0.678. The molecule has 1 unspecified atom stereocenters.